The number of hydrogen-bond donors (Lipinski definition) is 3. The predicted molar refractivity (Wildman–Crippen MR) is 116 cm³/mol. The van der Waals surface area contributed by atoms with Crippen molar-refractivity contribution in [1.29, 1.82) is 0 Å². The number of hydrogen-bond acceptors (Lipinski definition) is 5. The van der Waals surface area contributed by atoms with E-state index in [1.54, 1.807) is 30.3 Å². The second-order valence-corrected chi connectivity index (χ2v) is 6.66. The first-order valence-corrected chi connectivity index (χ1v) is 9.13. The molecular formula is C22H20N4O4. The maximum Gasteiger partial charge on any atom is 0.293 e. The van der Waals surface area contributed by atoms with E-state index in [2.05, 4.69) is 16.0 Å². The highest BCUT2D eigenvalue weighted by Crippen LogP contribution is 2.30. The molecule has 3 rings (SSSR count). The number of carbonyl (C=O) groups is 2. The second-order valence-electron chi connectivity index (χ2n) is 6.66. The van der Waals surface area contributed by atoms with Crippen molar-refractivity contribution in [2.45, 2.75) is 13.8 Å². The number of nitrogens with one attached hydrogen (secondary N) is 3. The SMILES string of the molecule is CC(=O)Nc1ccc(C)cc1NC(=O)c1ccc(Nc2ccccc2)c([N+](=O)[O-])c1. The molecule has 8 nitrogen and oxygen atoms in total. The van der Waals surface area contributed by atoms with Crippen LogP contribution in [0.15, 0.2) is 66.7 Å². The van der Waals surface area contributed by atoms with Crippen LogP contribution >= 0.6 is 0 Å². The first-order valence-electron chi connectivity index (χ1n) is 9.13. The summed E-state index contributed by atoms with van der Waals surface area (Å²) >= 11 is 0. The van der Waals surface area contributed by atoms with Crippen LogP contribution in [0, 0.1) is 17.0 Å². The number of nitrogens with zero attached hydrogens (tertiary/aromatic N) is 1. The van der Waals surface area contributed by atoms with Crippen molar-refractivity contribution in [3.8, 4) is 0 Å². The van der Waals surface area contributed by atoms with Crippen LogP contribution in [-0.2, 0) is 4.79 Å². The van der Waals surface area contributed by atoms with Crippen molar-refractivity contribution in [3.63, 3.8) is 0 Å². The van der Waals surface area contributed by atoms with Crippen LogP contribution in [-0.4, -0.2) is 16.7 Å². The molecule has 30 heavy (non-hydrogen) atoms. The first-order chi connectivity index (χ1) is 14.3. The summed E-state index contributed by atoms with van der Waals surface area (Å²) in [5, 5.41) is 19.9. The fraction of sp³-hybridized carbons (Fsp3) is 0.0909. The van der Waals surface area contributed by atoms with Gasteiger partial charge in [0.15, 0.2) is 0 Å². The van der Waals surface area contributed by atoms with E-state index < -0.39 is 10.8 Å². The van der Waals surface area contributed by atoms with Gasteiger partial charge < -0.3 is 16.0 Å². The van der Waals surface area contributed by atoms with E-state index >= 15 is 0 Å². The van der Waals surface area contributed by atoms with Crippen LogP contribution in [0.25, 0.3) is 0 Å². The van der Waals surface area contributed by atoms with Crippen LogP contribution in [0.4, 0.5) is 28.4 Å². The van der Waals surface area contributed by atoms with Gasteiger partial charge in [0.2, 0.25) is 5.91 Å². The van der Waals surface area contributed by atoms with Gasteiger partial charge in [-0.05, 0) is 48.9 Å². The fourth-order valence-electron chi connectivity index (χ4n) is 2.86. The highest BCUT2D eigenvalue weighted by Gasteiger charge is 2.19. The number of carbonyl (C=O) groups excluding carboxylic acids is 2. The van der Waals surface area contributed by atoms with Crippen LogP contribution in [0.5, 0.6) is 0 Å². The van der Waals surface area contributed by atoms with E-state index in [0.29, 0.717) is 17.1 Å². The number of nitro groups is 1. The van der Waals surface area contributed by atoms with Crippen molar-refractivity contribution >= 4 is 40.3 Å². The van der Waals surface area contributed by atoms with Gasteiger partial charge in [-0.1, -0.05) is 24.3 Å². The Morgan fingerprint density at radius 2 is 1.57 bits per heavy atom. The van der Waals surface area contributed by atoms with Crippen molar-refractivity contribution in [1.82, 2.24) is 0 Å². The molecule has 0 fully saturated rings. The molecule has 0 aromatic heterocycles. The van der Waals surface area contributed by atoms with Crippen molar-refractivity contribution in [3.05, 3.63) is 88.0 Å². The normalized spacial score (nSPS) is 10.2. The largest absolute Gasteiger partial charge is 0.350 e. The lowest BCUT2D eigenvalue weighted by molar-refractivity contribution is -0.383. The number of nitro benzene ring substituents is 1. The standard InChI is InChI=1S/C22H20N4O4/c1-14-8-10-18(23-15(2)27)20(12-14)25-22(28)16-9-11-19(21(13-16)26(29)30)24-17-6-4-3-5-7-17/h3-13,24H,1-2H3,(H,23,27)(H,25,28). The first kappa shape index (κ1) is 20.5. The topological polar surface area (TPSA) is 113 Å². The van der Waals surface area contributed by atoms with Crippen LogP contribution in [0.1, 0.15) is 22.8 Å². The molecule has 0 aliphatic heterocycles. The zero-order valence-electron chi connectivity index (χ0n) is 16.4. The number of para-hydroxylation sites is 1. The molecule has 3 N–H and O–H groups in total. The molecule has 0 atom stereocenters. The number of aryl methyl sites for hydroxylation is 1. The van der Waals surface area contributed by atoms with Gasteiger partial charge in [-0.25, -0.2) is 0 Å². The summed E-state index contributed by atoms with van der Waals surface area (Å²) < 4.78 is 0. The summed E-state index contributed by atoms with van der Waals surface area (Å²) in [5.74, 6) is -0.803. The quantitative estimate of drug-likeness (QED) is 0.401. The number of amides is 2. The smallest absolute Gasteiger partial charge is 0.293 e. The molecule has 0 bridgehead atoms. The Kier molecular flexibility index (Phi) is 6.07. The summed E-state index contributed by atoms with van der Waals surface area (Å²) in [7, 11) is 0. The van der Waals surface area contributed by atoms with Gasteiger partial charge in [-0.3, -0.25) is 19.7 Å². The van der Waals surface area contributed by atoms with Gasteiger partial charge in [0.05, 0.1) is 16.3 Å². The highest BCUT2D eigenvalue weighted by molar-refractivity contribution is 6.07. The minimum absolute atomic E-state index is 0.121. The van der Waals surface area contributed by atoms with Gasteiger partial charge in [0.1, 0.15) is 5.69 Å². The van der Waals surface area contributed by atoms with E-state index in [-0.39, 0.29) is 22.8 Å². The Labute approximate surface area is 173 Å². The van der Waals surface area contributed by atoms with E-state index in [4.69, 9.17) is 0 Å². The lowest BCUT2D eigenvalue weighted by Crippen LogP contribution is -2.15. The van der Waals surface area contributed by atoms with Gasteiger partial charge in [-0.15, -0.1) is 0 Å². The Balaban J connectivity index is 1.88. The Morgan fingerprint density at radius 1 is 0.867 bits per heavy atom. The summed E-state index contributed by atoms with van der Waals surface area (Å²) in [6.45, 7) is 3.22. The van der Waals surface area contributed by atoms with Gasteiger partial charge in [0.25, 0.3) is 11.6 Å². The second kappa shape index (κ2) is 8.87. The van der Waals surface area contributed by atoms with E-state index in [9.17, 15) is 19.7 Å². The molecule has 0 unspecified atom stereocenters. The monoisotopic (exact) mass is 404 g/mol. The van der Waals surface area contributed by atoms with Crippen molar-refractivity contribution < 1.29 is 14.5 Å². The molecule has 0 radical (unpaired) electrons. The third-order valence-corrected chi connectivity index (χ3v) is 4.24. The molecule has 2 amide bonds. The van der Waals surface area contributed by atoms with Gasteiger partial charge in [0, 0.05) is 24.2 Å². The molecule has 152 valence electrons. The predicted octanol–water partition coefficient (Wildman–Crippen LogP) is 4.86. The minimum Gasteiger partial charge on any atom is -0.350 e. The van der Waals surface area contributed by atoms with Crippen LogP contribution in [0.2, 0.25) is 0 Å². The molecule has 0 aliphatic carbocycles. The Morgan fingerprint density at radius 3 is 2.23 bits per heavy atom. The lowest BCUT2D eigenvalue weighted by atomic mass is 10.1. The molecule has 0 heterocycles. The zero-order valence-corrected chi connectivity index (χ0v) is 16.4. The minimum atomic E-state index is -0.544. The molecule has 0 saturated carbocycles. The van der Waals surface area contributed by atoms with Crippen LogP contribution in [0.3, 0.4) is 0 Å². The van der Waals surface area contributed by atoms with E-state index in [1.165, 1.54) is 25.1 Å². The third-order valence-electron chi connectivity index (χ3n) is 4.24. The summed E-state index contributed by atoms with van der Waals surface area (Å²) in [4.78, 5) is 35.2. The summed E-state index contributed by atoms with van der Waals surface area (Å²) in [6.07, 6.45) is 0. The Bertz CT molecular complexity index is 1110. The number of anilines is 4. The Hall–Kier alpha value is -4.20. The lowest BCUT2D eigenvalue weighted by Gasteiger charge is -2.13. The maximum atomic E-state index is 12.7. The molecule has 0 spiro atoms. The van der Waals surface area contributed by atoms with E-state index in [0.717, 1.165) is 5.56 Å². The maximum absolute atomic E-state index is 12.7. The number of benzene rings is 3. The highest BCUT2D eigenvalue weighted by atomic mass is 16.6. The van der Waals surface area contributed by atoms with Crippen molar-refractivity contribution in [2.75, 3.05) is 16.0 Å². The molecular weight excluding hydrogens is 384 g/mol. The molecule has 3 aromatic carbocycles. The third kappa shape index (κ3) is 4.99. The van der Waals surface area contributed by atoms with Crippen molar-refractivity contribution in [2.24, 2.45) is 0 Å². The van der Waals surface area contributed by atoms with Gasteiger partial charge >= 0.3 is 0 Å². The fourth-order valence-corrected chi connectivity index (χ4v) is 2.86. The average Bonchev–Trinajstić information content (AvgIpc) is 2.70. The molecule has 0 aliphatic rings. The molecule has 3 aromatic rings. The molecule has 0 saturated heterocycles. The zero-order chi connectivity index (χ0) is 21.7. The average molecular weight is 404 g/mol. The molecule has 8 heteroatoms. The summed E-state index contributed by atoms with van der Waals surface area (Å²) in [5.41, 5.74) is 2.60. The van der Waals surface area contributed by atoms with Crippen LogP contribution < -0.4 is 16.0 Å². The number of rotatable bonds is 6. The van der Waals surface area contributed by atoms with Gasteiger partial charge in [-0.2, -0.15) is 0 Å². The summed E-state index contributed by atoms with van der Waals surface area (Å²) in [6, 6.07) is 18.4. The van der Waals surface area contributed by atoms with E-state index in [1.807, 2.05) is 25.1 Å².